The Morgan fingerprint density at radius 3 is 2.06 bits per heavy atom. The molecule has 200 valence electrons. The van der Waals surface area contributed by atoms with Crippen LogP contribution in [0.2, 0.25) is 37.8 Å². The second-order valence-electron chi connectivity index (χ2n) is 11.7. The van der Waals surface area contributed by atoms with E-state index in [9.17, 15) is 5.11 Å². The van der Waals surface area contributed by atoms with Gasteiger partial charge in [-0.15, -0.1) is 5.54 Å². The molecule has 6 nitrogen and oxygen atoms in total. The highest BCUT2D eigenvalue weighted by Crippen LogP contribution is 2.44. The highest BCUT2D eigenvalue weighted by atomic mass is 28.4. The second-order valence-corrected chi connectivity index (χ2v) is 21.2. The van der Waals surface area contributed by atoms with Crippen LogP contribution in [-0.4, -0.2) is 49.6 Å². The highest BCUT2D eigenvalue weighted by molar-refractivity contribution is 6.83. The van der Waals surface area contributed by atoms with Gasteiger partial charge in [-0.3, -0.25) is 0 Å². The number of aryl methyl sites for hydroxylation is 1. The maximum Gasteiger partial charge on any atom is 0.340 e. The fraction of sp³-hybridized carbons (Fsp3) is 0.607. The molecule has 0 unspecified atom stereocenters. The van der Waals surface area contributed by atoms with Crippen LogP contribution in [0.1, 0.15) is 55.6 Å². The lowest BCUT2D eigenvalue weighted by Gasteiger charge is -2.38. The summed E-state index contributed by atoms with van der Waals surface area (Å²) in [5.74, 6) is 5.81. The molecule has 0 aliphatic carbocycles. The lowest BCUT2D eigenvalue weighted by atomic mass is 9.97. The summed E-state index contributed by atoms with van der Waals surface area (Å²) in [6, 6.07) is 2.02. The number of hydrogen-bond donors (Lipinski definition) is 0. The van der Waals surface area contributed by atoms with E-state index in [1.165, 1.54) is 6.26 Å². The fourth-order valence-corrected chi connectivity index (χ4v) is 5.48. The molecule has 0 aromatic heterocycles. The molecule has 1 aromatic rings. The Hall–Kier alpha value is -2.22. The van der Waals surface area contributed by atoms with Crippen LogP contribution in [0, 0.1) is 11.5 Å². The van der Waals surface area contributed by atoms with Gasteiger partial charge in [-0.2, -0.15) is 0 Å². The van der Waals surface area contributed by atoms with Gasteiger partial charge >= 0.3 is 12.0 Å². The number of rotatable bonds is 9. The van der Waals surface area contributed by atoms with Crippen molar-refractivity contribution < 1.29 is 28.2 Å². The molecule has 1 heterocycles. The SMILES string of the molecule is COc1c(CC[C@H](C#C[Si](C)(C)C)O[Si](C)(C)C(C)(C)C)cc(C2=[O+]C=C([O-])CC2)c(OC)c1OC. The Morgan fingerprint density at radius 2 is 1.58 bits per heavy atom. The van der Waals surface area contributed by atoms with Gasteiger partial charge in [0, 0.05) is 0 Å². The number of allylic oxidation sites excluding steroid dienone is 1. The van der Waals surface area contributed by atoms with Crippen molar-refractivity contribution in [2.45, 2.75) is 90.3 Å². The van der Waals surface area contributed by atoms with Crippen molar-refractivity contribution in [2.75, 3.05) is 21.3 Å². The van der Waals surface area contributed by atoms with Crippen LogP contribution in [0.4, 0.5) is 0 Å². The third kappa shape index (κ3) is 7.64. The zero-order valence-electron chi connectivity index (χ0n) is 24.0. The number of methoxy groups -OCH3 is 3. The smallest absolute Gasteiger partial charge is 0.340 e. The second kappa shape index (κ2) is 11.9. The Morgan fingerprint density at radius 1 is 0.972 bits per heavy atom. The number of carbonyl (C=O) groups excluding carboxylic acids is 1. The van der Waals surface area contributed by atoms with Crippen LogP contribution in [0.3, 0.4) is 0 Å². The van der Waals surface area contributed by atoms with Crippen LogP contribution >= 0.6 is 0 Å². The van der Waals surface area contributed by atoms with Crippen molar-refractivity contribution in [2.24, 2.45) is 0 Å². The molecule has 1 atom stereocenters. The molecule has 1 aliphatic rings. The first-order valence-corrected chi connectivity index (χ1v) is 19.0. The van der Waals surface area contributed by atoms with E-state index in [4.69, 9.17) is 23.1 Å². The minimum absolute atomic E-state index is 0.0231. The number of benzene rings is 1. The predicted molar refractivity (Wildman–Crippen MR) is 149 cm³/mol. The van der Waals surface area contributed by atoms with Crippen molar-refractivity contribution in [1.29, 1.82) is 0 Å². The van der Waals surface area contributed by atoms with Gasteiger partial charge in [0.25, 0.3) is 0 Å². The highest BCUT2D eigenvalue weighted by Gasteiger charge is 2.39. The van der Waals surface area contributed by atoms with E-state index >= 15 is 0 Å². The van der Waals surface area contributed by atoms with Gasteiger partial charge in [-0.05, 0) is 54.8 Å². The minimum atomic E-state index is -2.02. The van der Waals surface area contributed by atoms with E-state index in [0.717, 1.165) is 17.5 Å². The molecule has 1 aliphatic heterocycles. The van der Waals surface area contributed by atoms with E-state index in [0.29, 0.717) is 42.3 Å². The molecule has 0 amide bonds. The van der Waals surface area contributed by atoms with Crippen molar-refractivity contribution in [1.82, 2.24) is 0 Å². The summed E-state index contributed by atoms with van der Waals surface area (Å²) >= 11 is 0. The van der Waals surface area contributed by atoms with Crippen LogP contribution in [0.25, 0.3) is 0 Å². The molecule has 2 rings (SSSR count). The van der Waals surface area contributed by atoms with Crippen LogP contribution < -0.4 is 19.3 Å². The number of ether oxygens (including phenoxy) is 3. The zero-order chi connectivity index (χ0) is 27.3. The molecule has 8 heteroatoms. The lowest BCUT2D eigenvalue weighted by Crippen LogP contribution is -2.43. The third-order valence-corrected chi connectivity index (χ3v) is 12.0. The Labute approximate surface area is 219 Å². The average molecular weight is 533 g/mol. The third-order valence-electron chi connectivity index (χ3n) is 6.64. The van der Waals surface area contributed by atoms with Crippen LogP contribution in [0.15, 0.2) is 18.1 Å². The van der Waals surface area contributed by atoms with Gasteiger partial charge in [0.15, 0.2) is 19.8 Å². The van der Waals surface area contributed by atoms with Gasteiger partial charge in [0.05, 0.1) is 27.8 Å². The molecule has 0 fully saturated rings. The minimum Gasteiger partial charge on any atom is -0.870 e. The van der Waals surface area contributed by atoms with Crippen molar-refractivity contribution >= 4 is 22.2 Å². The van der Waals surface area contributed by atoms with Gasteiger partial charge < -0.3 is 23.7 Å². The summed E-state index contributed by atoms with van der Waals surface area (Å²) in [6.07, 6.45) is 3.38. The zero-order valence-corrected chi connectivity index (χ0v) is 26.0. The van der Waals surface area contributed by atoms with Crippen LogP contribution in [0.5, 0.6) is 17.2 Å². The first-order valence-electron chi connectivity index (χ1n) is 12.5. The van der Waals surface area contributed by atoms with E-state index < -0.39 is 16.4 Å². The van der Waals surface area contributed by atoms with Gasteiger partial charge in [0.2, 0.25) is 5.75 Å². The van der Waals surface area contributed by atoms with E-state index in [2.05, 4.69) is 65.0 Å². The van der Waals surface area contributed by atoms with Gasteiger partial charge in [0.1, 0.15) is 19.7 Å². The van der Waals surface area contributed by atoms with Gasteiger partial charge in [-0.1, -0.05) is 46.3 Å². The summed E-state index contributed by atoms with van der Waals surface area (Å²) in [6.45, 7) is 18.0. The lowest BCUT2D eigenvalue weighted by molar-refractivity contribution is -0.326. The molecular formula is C28H44O6Si2. The molecule has 0 N–H and O–H groups in total. The molecule has 0 saturated carbocycles. The van der Waals surface area contributed by atoms with Crippen LogP contribution in [-0.2, 0) is 10.8 Å². The van der Waals surface area contributed by atoms with Crippen molar-refractivity contribution in [3.8, 4) is 28.7 Å². The predicted octanol–water partition coefficient (Wildman–Crippen LogP) is 5.63. The molecule has 0 radical (unpaired) electrons. The molecule has 36 heavy (non-hydrogen) atoms. The van der Waals surface area contributed by atoms with Crippen molar-refractivity contribution in [3.63, 3.8) is 0 Å². The maximum absolute atomic E-state index is 11.7. The summed E-state index contributed by atoms with van der Waals surface area (Å²) in [5.41, 5.74) is 5.24. The first kappa shape index (κ1) is 30.0. The summed E-state index contributed by atoms with van der Waals surface area (Å²) < 4.78 is 29.7. The first-order chi connectivity index (χ1) is 16.6. The summed E-state index contributed by atoms with van der Waals surface area (Å²) in [4.78, 5) is 0. The summed E-state index contributed by atoms with van der Waals surface area (Å²) in [5, 5.41) is 11.8. The quantitative estimate of drug-likeness (QED) is 0.234. The number of hydrogen-bond acceptors (Lipinski definition) is 5. The topological polar surface area (TPSA) is 71.3 Å². The number of ketones is 1. The Balaban J connectivity index is 2.52. The largest absolute Gasteiger partial charge is 0.870 e. The van der Waals surface area contributed by atoms with E-state index in [1.807, 2.05) is 6.07 Å². The van der Waals surface area contributed by atoms with Crippen molar-refractivity contribution in [3.05, 3.63) is 29.2 Å². The summed E-state index contributed by atoms with van der Waals surface area (Å²) in [7, 11) is 1.22. The van der Waals surface area contributed by atoms with E-state index in [-0.39, 0.29) is 16.9 Å². The standard InChI is InChI=1S/C28H44O6Si2/c1-28(2,3)36(10,11)34-22(16-17-35(7,8)9)14-12-20-18-23(24-15-13-21(29)19-33-24)26(31-5)27(32-6)25(20)30-4/h18-19,22H,12-15H2,1-11H3/t22-/m1/s1. The monoisotopic (exact) mass is 532 g/mol. The maximum atomic E-state index is 11.7. The van der Waals surface area contributed by atoms with E-state index in [1.54, 1.807) is 21.3 Å². The Kier molecular flexibility index (Phi) is 9.91. The molecule has 0 saturated heterocycles. The molecular weight excluding hydrogens is 488 g/mol. The fourth-order valence-electron chi connectivity index (χ4n) is 3.65. The average Bonchev–Trinajstić information content (AvgIpc) is 2.78. The molecule has 1 aromatic carbocycles. The normalized spacial score (nSPS) is 15.3. The molecule has 0 bridgehead atoms. The molecule has 0 spiro atoms. The van der Waals surface area contributed by atoms with Gasteiger partial charge in [-0.25, -0.2) is 4.42 Å². The Bertz CT molecular complexity index is 1050.